The summed E-state index contributed by atoms with van der Waals surface area (Å²) in [7, 11) is 1.93. The average molecular weight is 393 g/mol. The first kappa shape index (κ1) is 16.2. The minimum atomic E-state index is -0.322. The molecule has 5 rings (SSSR count). The molecule has 6 nitrogen and oxygen atoms in total. The highest BCUT2D eigenvalue weighted by Gasteiger charge is 2.23. The molecule has 0 aliphatic rings. The van der Waals surface area contributed by atoms with Crippen LogP contribution >= 0.6 is 22.7 Å². The summed E-state index contributed by atoms with van der Waals surface area (Å²) in [6, 6.07) is 11.5. The van der Waals surface area contributed by atoms with E-state index in [1.165, 1.54) is 11.3 Å². The van der Waals surface area contributed by atoms with Gasteiger partial charge in [0.1, 0.15) is 16.7 Å². The number of amides is 1. The number of aromatic nitrogens is 4. The molecule has 27 heavy (non-hydrogen) atoms. The third-order valence-corrected chi connectivity index (χ3v) is 6.26. The van der Waals surface area contributed by atoms with E-state index in [1.807, 2.05) is 70.2 Å². The maximum atomic E-state index is 13.0. The maximum absolute atomic E-state index is 13.0. The minimum Gasteiger partial charge on any atom is -0.337 e. The van der Waals surface area contributed by atoms with Crippen molar-refractivity contribution in [2.24, 2.45) is 7.05 Å². The van der Waals surface area contributed by atoms with Gasteiger partial charge >= 0.3 is 0 Å². The van der Waals surface area contributed by atoms with E-state index in [1.54, 1.807) is 17.5 Å². The molecule has 1 aromatic carbocycles. The van der Waals surface area contributed by atoms with E-state index in [0.29, 0.717) is 4.88 Å². The van der Waals surface area contributed by atoms with E-state index in [4.69, 9.17) is 0 Å². The van der Waals surface area contributed by atoms with E-state index in [2.05, 4.69) is 15.3 Å². The number of benzene rings is 1. The van der Waals surface area contributed by atoms with Crippen LogP contribution in [-0.2, 0) is 7.05 Å². The molecule has 1 unspecified atom stereocenters. The third kappa shape index (κ3) is 2.73. The van der Waals surface area contributed by atoms with Gasteiger partial charge in [-0.25, -0.2) is 9.97 Å². The lowest BCUT2D eigenvalue weighted by molar-refractivity contribution is 0.0945. The zero-order valence-electron chi connectivity index (χ0n) is 14.4. The van der Waals surface area contributed by atoms with E-state index in [-0.39, 0.29) is 11.9 Å². The zero-order valence-corrected chi connectivity index (χ0v) is 16.0. The standard InChI is InChI=1S/C19H15N5OS2/c1-23-8-7-20-16(23)15(12-5-3-2-4-6-12)21-17(25)14-11-13-18(27-14)22-19-24(13)9-10-26-19/h2-11,15H,1H3,(H,21,25). The van der Waals surface area contributed by atoms with E-state index >= 15 is 0 Å². The molecular formula is C19H15N5OS2. The number of carbonyl (C=O) groups is 1. The van der Waals surface area contributed by atoms with Crippen LogP contribution in [0, 0.1) is 0 Å². The molecule has 134 valence electrons. The number of aryl methyl sites for hydroxylation is 1. The van der Waals surface area contributed by atoms with E-state index in [9.17, 15) is 4.79 Å². The fourth-order valence-corrected chi connectivity index (χ4v) is 4.86. The zero-order chi connectivity index (χ0) is 18.4. The predicted octanol–water partition coefficient (Wildman–Crippen LogP) is 3.86. The molecule has 1 atom stereocenters. The Bertz CT molecular complexity index is 1250. The molecule has 0 saturated carbocycles. The second-order valence-electron chi connectivity index (χ2n) is 6.18. The Labute approximate surface area is 162 Å². The summed E-state index contributed by atoms with van der Waals surface area (Å²) in [4.78, 5) is 24.5. The topological polar surface area (TPSA) is 64.2 Å². The van der Waals surface area contributed by atoms with Crippen molar-refractivity contribution in [3.8, 4) is 0 Å². The summed E-state index contributed by atoms with van der Waals surface area (Å²) in [6.45, 7) is 0. The summed E-state index contributed by atoms with van der Waals surface area (Å²) < 4.78 is 3.94. The fraction of sp³-hybridized carbons (Fsp3) is 0.105. The number of hydrogen-bond acceptors (Lipinski definition) is 5. The molecule has 1 N–H and O–H groups in total. The number of carbonyl (C=O) groups excluding carboxylic acids is 1. The number of thiophene rings is 1. The van der Waals surface area contributed by atoms with Crippen molar-refractivity contribution in [3.63, 3.8) is 0 Å². The number of imidazole rings is 2. The van der Waals surface area contributed by atoms with Crippen molar-refractivity contribution in [1.82, 2.24) is 24.3 Å². The van der Waals surface area contributed by atoms with Crippen molar-refractivity contribution < 1.29 is 4.79 Å². The van der Waals surface area contributed by atoms with Gasteiger partial charge in [-0.1, -0.05) is 30.3 Å². The molecule has 5 aromatic rings. The Morgan fingerprint density at radius 2 is 2.07 bits per heavy atom. The molecule has 0 aliphatic heterocycles. The Morgan fingerprint density at radius 1 is 1.22 bits per heavy atom. The molecule has 0 aliphatic carbocycles. The Hall–Kier alpha value is -2.97. The fourth-order valence-electron chi connectivity index (χ4n) is 3.16. The largest absolute Gasteiger partial charge is 0.337 e. The van der Waals surface area contributed by atoms with Crippen LogP contribution in [0.15, 0.2) is 60.4 Å². The van der Waals surface area contributed by atoms with Gasteiger partial charge in [0.05, 0.1) is 10.4 Å². The Balaban J connectivity index is 1.51. The molecule has 1 amide bonds. The second-order valence-corrected chi connectivity index (χ2v) is 8.09. The summed E-state index contributed by atoms with van der Waals surface area (Å²) in [5.74, 6) is 0.664. The van der Waals surface area contributed by atoms with Crippen LogP contribution in [0.2, 0.25) is 0 Å². The molecular weight excluding hydrogens is 378 g/mol. The molecule has 0 saturated heterocycles. The van der Waals surface area contributed by atoms with Crippen molar-refractivity contribution in [2.45, 2.75) is 6.04 Å². The van der Waals surface area contributed by atoms with Gasteiger partial charge < -0.3 is 9.88 Å². The van der Waals surface area contributed by atoms with Crippen molar-refractivity contribution in [1.29, 1.82) is 0 Å². The normalized spacial score (nSPS) is 12.6. The molecule has 8 heteroatoms. The first-order valence-corrected chi connectivity index (χ1v) is 10.1. The molecule has 0 radical (unpaired) electrons. The maximum Gasteiger partial charge on any atom is 0.262 e. The van der Waals surface area contributed by atoms with Crippen LogP contribution in [-0.4, -0.2) is 24.8 Å². The van der Waals surface area contributed by atoms with Crippen LogP contribution in [0.25, 0.3) is 15.3 Å². The third-order valence-electron chi connectivity index (χ3n) is 4.49. The molecule has 0 fully saturated rings. The Morgan fingerprint density at radius 3 is 2.85 bits per heavy atom. The molecule has 4 heterocycles. The van der Waals surface area contributed by atoms with E-state index < -0.39 is 0 Å². The molecule has 0 bridgehead atoms. The summed E-state index contributed by atoms with van der Waals surface area (Å²) in [5, 5.41) is 5.13. The van der Waals surface area contributed by atoms with Crippen molar-refractivity contribution in [2.75, 3.05) is 0 Å². The van der Waals surface area contributed by atoms with Crippen molar-refractivity contribution in [3.05, 3.63) is 76.6 Å². The highest BCUT2D eigenvalue weighted by Crippen LogP contribution is 2.29. The lowest BCUT2D eigenvalue weighted by Crippen LogP contribution is -2.30. The number of rotatable bonds is 4. The van der Waals surface area contributed by atoms with Crippen LogP contribution in [0.1, 0.15) is 27.1 Å². The highest BCUT2D eigenvalue weighted by atomic mass is 32.1. The summed E-state index contributed by atoms with van der Waals surface area (Å²) in [6.07, 6.45) is 5.60. The van der Waals surface area contributed by atoms with Crippen molar-refractivity contribution >= 4 is 43.9 Å². The smallest absolute Gasteiger partial charge is 0.262 e. The van der Waals surface area contributed by atoms with Gasteiger partial charge in [-0.05, 0) is 11.6 Å². The lowest BCUT2D eigenvalue weighted by Gasteiger charge is -2.18. The summed E-state index contributed by atoms with van der Waals surface area (Å²) in [5.41, 5.74) is 1.96. The van der Waals surface area contributed by atoms with Crippen LogP contribution in [0.4, 0.5) is 0 Å². The summed E-state index contributed by atoms with van der Waals surface area (Å²) >= 11 is 3.00. The minimum absolute atomic E-state index is 0.126. The number of hydrogen-bond donors (Lipinski definition) is 1. The second kappa shape index (κ2) is 6.33. The molecule has 4 aromatic heterocycles. The van der Waals surface area contributed by atoms with E-state index in [0.717, 1.165) is 26.7 Å². The monoisotopic (exact) mass is 393 g/mol. The number of nitrogens with zero attached hydrogens (tertiary/aromatic N) is 4. The quantitative estimate of drug-likeness (QED) is 0.504. The first-order chi connectivity index (χ1) is 13.2. The van der Waals surface area contributed by atoms with Crippen LogP contribution in [0.3, 0.4) is 0 Å². The number of nitrogens with one attached hydrogen (secondary N) is 1. The van der Waals surface area contributed by atoms with Gasteiger partial charge in [0, 0.05) is 31.0 Å². The SMILES string of the molecule is Cn1ccnc1C(NC(=O)c1cc2c(nc3sccn32)s1)c1ccccc1. The average Bonchev–Trinajstić information content (AvgIpc) is 3.42. The van der Waals surface area contributed by atoms with Gasteiger partial charge in [-0.2, -0.15) is 0 Å². The van der Waals surface area contributed by atoms with Crippen LogP contribution in [0.5, 0.6) is 0 Å². The first-order valence-electron chi connectivity index (χ1n) is 8.39. The predicted molar refractivity (Wildman–Crippen MR) is 107 cm³/mol. The van der Waals surface area contributed by atoms with Gasteiger partial charge in [0.25, 0.3) is 5.91 Å². The van der Waals surface area contributed by atoms with Gasteiger partial charge in [0.2, 0.25) is 0 Å². The van der Waals surface area contributed by atoms with Gasteiger partial charge in [-0.3, -0.25) is 9.20 Å². The number of fused-ring (bicyclic) bond motifs is 3. The van der Waals surface area contributed by atoms with Gasteiger partial charge in [-0.15, -0.1) is 22.7 Å². The number of thiazole rings is 1. The lowest BCUT2D eigenvalue weighted by atomic mass is 10.1. The van der Waals surface area contributed by atoms with Crippen LogP contribution < -0.4 is 5.32 Å². The Kier molecular flexibility index (Phi) is 3.80. The molecule has 0 spiro atoms. The van der Waals surface area contributed by atoms with Gasteiger partial charge in [0.15, 0.2) is 4.96 Å². The highest BCUT2D eigenvalue weighted by molar-refractivity contribution is 7.21.